The van der Waals surface area contributed by atoms with Crippen molar-refractivity contribution in [2.45, 2.75) is 38.8 Å². The standard InChI is InChI=1S/C24H25ClN2O4S4/c1-16-8-11-33-21(16)14-27(19-9-12-35(30,31)15-19)22(28)3-2-10-26-23(29)20(34-24(26)32)13-17-4-6-18(25)7-5-17/h4-8,11,13,19H,2-3,9-10,12,14-15H2,1H3/b20-13-. The van der Waals surface area contributed by atoms with Gasteiger partial charge in [-0.05, 0) is 60.5 Å². The van der Waals surface area contributed by atoms with Crippen LogP contribution >= 0.6 is 46.9 Å². The number of halogens is 1. The first-order chi connectivity index (χ1) is 16.6. The van der Waals surface area contributed by atoms with E-state index in [4.69, 9.17) is 23.8 Å². The van der Waals surface area contributed by atoms with Gasteiger partial charge in [-0.3, -0.25) is 14.5 Å². The summed E-state index contributed by atoms with van der Waals surface area (Å²) in [6.45, 7) is 2.74. The van der Waals surface area contributed by atoms with Gasteiger partial charge in [0.25, 0.3) is 5.91 Å². The molecule has 2 saturated heterocycles. The van der Waals surface area contributed by atoms with Gasteiger partial charge in [-0.15, -0.1) is 11.3 Å². The van der Waals surface area contributed by atoms with Crippen LogP contribution in [0.1, 0.15) is 35.3 Å². The average Bonchev–Trinajstić information content (AvgIpc) is 3.46. The number of thiophene rings is 1. The molecule has 2 amide bonds. The highest BCUT2D eigenvalue weighted by Crippen LogP contribution is 2.33. The highest BCUT2D eigenvalue weighted by atomic mass is 35.5. The number of nitrogens with zero attached hydrogens (tertiary/aromatic N) is 2. The number of amides is 2. The molecule has 0 aliphatic carbocycles. The predicted molar refractivity (Wildman–Crippen MR) is 147 cm³/mol. The molecule has 2 aliphatic heterocycles. The lowest BCUT2D eigenvalue weighted by Gasteiger charge is -2.28. The Bertz CT molecular complexity index is 1270. The molecule has 4 rings (SSSR count). The van der Waals surface area contributed by atoms with E-state index < -0.39 is 9.84 Å². The lowest BCUT2D eigenvalue weighted by molar-refractivity contribution is -0.134. The molecule has 2 fully saturated rings. The third kappa shape index (κ3) is 6.54. The van der Waals surface area contributed by atoms with Gasteiger partial charge in [0, 0.05) is 28.9 Å². The Hall–Kier alpha value is -1.72. The molecule has 2 aliphatic rings. The topological polar surface area (TPSA) is 74.8 Å². The van der Waals surface area contributed by atoms with Crippen LogP contribution < -0.4 is 0 Å². The van der Waals surface area contributed by atoms with E-state index in [1.165, 1.54) is 16.7 Å². The smallest absolute Gasteiger partial charge is 0.266 e. The minimum atomic E-state index is -3.12. The zero-order valence-corrected chi connectivity index (χ0v) is 23.1. The summed E-state index contributed by atoms with van der Waals surface area (Å²) < 4.78 is 24.6. The summed E-state index contributed by atoms with van der Waals surface area (Å²) >= 11 is 14.2. The van der Waals surface area contributed by atoms with Gasteiger partial charge < -0.3 is 4.90 Å². The molecule has 1 unspecified atom stereocenters. The largest absolute Gasteiger partial charge is 0.334 e. The quantitative estimate of drug-likeness (QED) is 0.333. The molecule has 11 heteroatoms. The maximum Gasteiger partial charge on any atom is 0.266 e. The molecule has 0 N–H and O–H groups in total. The minimum absolute atomic E-state index is 0.00729. The Morgan fingerprint density at radius 2 is 2.03 bits per heavy atom. The van der Waals surface area contributed by atoms with Crippen LogP contribution in [0.25, 0.3) is 6.08 Å². The summed E-state index contributed by atoms with van der Waals surface area (Å²) in [4.78, 5) is 31.0. The Labute approximate surface area is 224 Å². The SMILES string of the molecule is Cc1ccsc1CN(C(=O)CCCN1C(=O)/C(=C/c2ccc(Cl)cc2)SC1=S)C1CCS(=O)(=O)C1. The second kappa shape index (κ2) is 11.1. The third-order valence-electron chi connectivity index (χ3n) is 6.07. The second-order valence-electron chi connectivity index (χ2n) is 8.59. The number of benzene rings is 1. The van der Waals surface area contributed by atoms with Crippen molar-refractivity contribution >= 4 is 79.0 Å². The maximum absolute atomic E-state index is 13.2. The molecule has 186 valence electrons. The molecule has 3 heterocycles. The highest BCUT2D eigenvalue weighted by Gasteiger charge is 2.35. The normalized spacial score (nSPS) is 20.7. The Kier molecular flexibility index (Phi) is 8.38. The first-order valence-corrected chi connectivity index (χ1v) is 15.5. The van der Waals surface area contributed by atoms with Crippen LogP contribution in [0.5, 0.6) is 0 Å². The number of hydrogen-bond donors (Lipinski definition) is 0. The number of thiocarbonyl (C=S) groups is 1. The number of thioether (sulfide) groups is 1. The summed E-state index contributed by atoms with van der Waals surface area (Å²) in [5, 5.41) is 2.60. The van der Waals surface area contributed by atoms with Gasteiger partial charge in [0.1, 0.15) is 4.32 Å². The number of hydrogen-bond acceptors (Lipinski definition) is 7. The van der Waals surface area contributed by atoms with Gasteiger partial charge in [-0.25, -0.2) is 8.42 Å². The molecular formula is C24H25ClN2O4S4. The molecular weight excluding hydrogens is 544 g/mol. The molecule has 0 spiro atoms. The predicted octanol–water partition coefficient (Wildman–Crippen LogP) is 4.91. The first kappa shape index (κ1) is 26.3. The molecule has 0 bridgehead atoms. The molecule has 2 aromatic rings. The van der Waals surface area contributed by atoms with Gasteiger partial charge in [-0.2, -0.15) is 0 Å². The summed E-state index contributed by atoms with van der Waals surface area (Å²) in [6.07, 6.45) is 2.91. The fourth-order valence-electron chi connectivity index (χ4n) is 4.10. The van der Waals surface area contributed by atoms with Gasteiger partial charge in [0.15, 0.2) is 9.84 Å². The highest BCUT2D eigenvalue weighted by molar-refractivity contribution is 8.26. The summed E-state index contributed by atoms with van der Waals surface area (Å²) in [5.41, 5.74) is 1.95. The van der Waals surface area contributed by atoms with E-state index in [1.807, 2.05) is 30.5 Å². The number of sulfone groups is 1. The number of carbonyl (C=O) groups is 2. The molecule has 0 saturated carbocycles. The molecule has 1 aromatic carbocycles. The zero-order chi connectivity index (χ0) is 25.2. The van der Waals surface area contributed by atoms with Crippen molar-refractivity contribution in [3.8, 4) is 0 Å². The zero-order valence-electron chi connectivity index (χ0n) is 19.1. The van der Waals surface area contributed by atoms with Crippen LogP contribution in [0.2, 0.25) is 5.02 Å². The molecule has 0 radical (unpaired) electrons. The first-order valence-electron chi connectivity index (χ1n) is 11.2. The van der Waals surface area contributed by atoms with Crippen LogP contribution in [-0.2, 0) is 26.0 Å². The Morgan fingerprint density at radius 3 is 2.66 bits per heavy atom. The van der Waals surface area contributed by atoms with E-state index in [0.717, 1.165) is 16.0 Å². The van der Waals surface area contributed by atoms with Gasteiger partial charge in [0.05, 0.1) is 23.0 Å². The fourth-order valence-corrected chi connectivity index (χ4v) is 8.17. The van der Waals surface area contributed by atoms with Gasteiger partial charge in [0.2, 0.25) is 5.91 Å². The fraction of sp³-hybridized carbons (Fsp3) is 0.375. The van der Waals surface area contributed by atoms with Crippen molar-refractivity contribution in [3.63, 3.8) is 0 Å². The van der Waals surface area contributed by atoms with E-state index >= 15 is 0 Å². The van der Waals surface area contributed by atoms with Crippen molar-refractivity contribution in [2.75, 3.05) is 18.1 Å². The van der Waals surface area contributed by atoms with Crippen LogP contribution in [0.15, 0.2) is 40.6 Å². The van der Waals surface area contributed by atoms with Gasteiger partial charge in [-0.1, -0.05) is 47.7 Å². The van der Waals surface area contributed by atoms with E-state index in [0.29, 0.717) is 40.2 Å². The number of rotatable bonds is 8. The summed E-state index contributed by atoms with van der Waals surface area (Å²) in [6, 6.07) is 8.88. The maximum atomic E-state index is 13.2. The van der Waals surface area contributed by atoms with Crippen molar-refractivity contribution in [1.82, 2.24) is 9.80 Å². The average molecular weight is 569 g/mol. The van der Waals surface area contributed by atoms with Crippen LogP contribution in [0, 0.1) is 6.92 Å². The Morgan fingerprint density at radius 1 is 1.29 bits per heavy atom. The van der Waals surface area contributed by atoms with E-state index in [9.17, 15) is 18.0 Å². The molecule has 1 aromatic heterocycles. The second-order valence-corrected chi connectivity index (χ2v) is 13.9. The van der Waals surface area contributed by atoms with Crippen molar-refractivity contribution in [2.24, 2.45) is 0 Å². The van der Waals surface area contributed by atoms with Crippen molar-refractivity contribution in [3.05, 3.63) is 61.6 Å². The van der Waals surface area contributed by atoms with E-state index in [1.54, 1.807) is 34.4 Å². The monoisotopic (exact) mass is 568 g/mol. The summed E-state index contributed by atoms with van der Waals surface area (Å²) in [5.74, 6) is -0.147. The van der Waals surface area contributed by atoms with E-state index in [-0.39, 0.29) is 35.8 Å². The van der Waals surface area contributed by atoms with Crippen molar-refractivity contribution in [1.29, 1.82) is 0 Å². The molecule has 35 heavy (non-hydrogen) atoms. The third-order valence-corrected chi connectivity index (χ3v) is 10.5. The Balaban J connectivity index is 1.38. The van der Waals surface area contributed by atoms with Crippen LogP contribution in [0.4, 0.5) is 0 Å². The number of aryl methyl sites for hydroxylation is 1. The molecule has 6 nitrogen and oxygen atoms in total. The minimum Gasteiger partial charge on any atom is -0.334 e. The van der Waals surface area contributed by atoms with Crippen LogP contribution in [-0.4, -0.2) is 58.4 Å². The van der Waals surface area contributed by atoms with Crippen molar-refractivity contribution < 1.29 is 18.0 Å². The molecule has 1 atom stereocenters. The lowest BCUT2D eigenvalue weighted by atomic mass is 10.1. The summed E-state index contributed by atoms with van der Waals surface area (Å²) in [7, 11) is -3.12. The number of carbonyl (C=O) groups excluding carboxylic acids is 2. The van der Waals surface area contributed by atoms with Crippen LogP contribution in [0.3, 0.4) is 0 Å². The van der Waals surface area contributed by atoms with Gasteiger partial charge >= 0.3 is 0 Å². The van der Waals surface area contributed by atoms with E-state index in [2.05, 4.69) is 0 Å². The lowest BCUT2D eigenvalue weighted by Crippen LogP contribution is -2.41.